The first kappa shape index (κ1) is 16.9. The number of esters is 2. The Morgan fingerprint density at radius 1 is 0.944 bits per heavy atom. The topological polar surface area (TPSA) is 52.6 Å². The van der Waals surface area contributed by atoms with Gasteiger partial charge in [0, 0.05) is 13.3 Å². The molecule has 0 aromatic carbocycles. The van der Waals surface area contributed by atoms with Crippen molar-refractivity contribution in [2.24, 2.45) is 5.92 Å². The maximum Gasteiger partial charge on any atom is 0.311 e. The minimum atomic E-state index is -0.789. The van der Waals surface area contributed by atoms with E-state index in [-0.39, 0.29) is 17.9 Å². The summed E-state index contributed by atoms with van der Waals surface area (Å²) in [5.41, 5.74) is 0. The predicted octanol–water partition coefficient (Wildman–Crippen LogP) is 3.44. The second-order valence-electron chi connectivity index (χ2n) is 4.81. The number of rotatable bonds is 9. The molecule has 106 valence electrons. The van der Waals surface area contributed by atoms with Gasteiger partial charge in [0.25, 0.3) is 0 Å². The summed E-state index contributed by atoms with van der Waals surface area (Å²) in [6.07, 6.45) is 5.04. The van der Waals surface area contributed by atoms with Crippen LogP contribution < -0.4 is 0 Å². The lowest BCUT2D eigenvalue weighted by Crippen LogP contribution is -2.24. The largest absolute Gasteiger partial charge is 0.425 e. The van der Waals surface area contributed by atoms with Crippen LogP contribution in [0.3, 0.4) is 0 Å². The van der Waals surface area contributed by atoms with Gasteiger partial charge >= 0.3 is 11.9 Å². The Labute approximate surface area is 110 Å². The molecule has 0 rings (SSSR count). The monoisotopic (exact) mass is 258 g/mol. The van der Waals surface area contributed by atoms with E-state index in [0.29, 0.717) is 6.42 Å². The minimum absolute atomic E-state index is 0.208. The van der Waals surface area contributed by atoms with Gasteiger partial charge in [0.05, 0.1) is 5.92 Å². The van der Waals surface area contributed by atoms with Gasteiger partial charge in [-0.15, -0.1) is 0 Å². The number of unbranched alkanes of at least 4 members (excludes halogenated alkanes) is 4. The molecule has 0 aliphatic rings. The van der Waals surface area contributed by atoms with E-state index in [0.717, 1.165) is 19.3 Å². The van der Waals surface area contributed by atoms with Crippen molar-refractivity contribution in [3.63, 3.8) is 0 Å². The fourth-order valence-electron chi connectivity index (χ4n) is 1.44. The molecule has 0 aromatic rings. The first-order chi connectivity index (χ1) is 8.47. The molecule has 0 aliphatic carbocycles. The normalized spacial score (nSPS) is 12.3. The molecule has 1 atom stereocenters. The highest BCUT2D eigenvalue weighted by Crippen LogP contribution is 2.08. The van der Waals surface area contributed by atoms with Gasteiger partial charge in [-0.25, -0.2) is 0 Å². The average molecular weight is 258 g/mol. The molecule has 0 heterocycles. The van der Waals surface area contributed by atoms with Crippen molar-refractivity contribution in [1.82, 2.24) is 0 Å². The van der Waals surface area contributed by atoms with Crippen LogP contribution in [0, 0.1) is 5.92 Å². The van der Waals surface area contributed by atoms with Crippen molar-refractivity contribution in [2.75, 3.05) is 0 Å². The van der Waals surface area contributed by atoms with Gasteiger partial charge in [-0.3, -0.25) is 9.59 Å². The summed E-state index contributed by atoms with van der Waals surface area (Å²) >= 11 is 0. The lowest BCUT2D eigenvalue weighted by atomic mass is 10.1. The van der Waals surface area contributed by atoms with Gasteiger partial charge in [0.1, 0.15) is 0 Å². The highest BCUT2D eigenvalue weighted by Gasteiger charge is 2.16. The lowest BCUT2D eigenvalue weighted by molar-refractivity contribution is -0.186. The predicted molar refractivity (Wildman–Crippen MR) is 69.9 cm³/mol. The molecule has 0 aliphatic heterocycles. The molecule has 4 heteroatoms. The van der Waals surface area contributed by atoms with E-state index in [2.05, 4.69) is 6.92 Å². The highest BCUT2D eigenvalue weighted by atomic mass is 16.7. The van der Waals surface area contributed by atoms with E-state index in [1.165, 1.54) is 12.8 Å². The van der Waals surface area contributed by atoms with Gasteiger partial charge in [-0.2, -0.15) is 0 Å². The summed E-state index contributed by atoms with van der Waals surface area (Å²) in [5.74, 6) is -0.853. The summed E-state index contributed by atoms with van der Waals surface area (Å²) in [6, 6.07) is 0. The Morgan fingerprint density at radius 2 is 1.56 bits per heavy atom. The van der Waals surface area contributed by atoms with Crippen LogP contribution in [0.4, 0.5) is 0 Å². The maximum atomic E-state index is 11.4. The molecule has 1 unspecified atom stereocenters. The molecule has 0 amide bonds. The molecule has 0 N–H and O–H groups in total. The van der Waals surface area contributed by atoms with Crippen molar-refractivity contribution in [3.8, 4) is 0 Å². The van der Waals surface area contributed by atoms with Gasteiger partial charge in [-0.05, 0) is 6.42 Å². The zero-order valence-corrected chi connectivity index (χ0v) is 12.0. The Bertz CT molecular complexity index is 248. The van der Waals surface area contributed by atoms with Crippen molar-refractivity contribution in [3.05, 3.63) is 0 Å². The Morgan fingerprint density at radius 3 is 2.11 bits per heavy atom. The first-order valence-corrected chi connectivity index (χ1v) is 6.87. The molecule has 0 aromatic heterocycles. The Hall–Kier alpha value is -1.06. The molecule has 0 spiro atoms. The Kier molecular flexibility index (Phi) is 9.33. The zero-order valence-electron chi connectivity index (χ0n) is 12.0. The average Bonchev–Trinajstić information content (AvgIpc) is 2.28. The first-order valence-electron chi connectivity index (χ1n) is 6.87. The molecule has 0 fully saturated rings. The van der Waals surface area contributed by atoms with E-state index in [1.54, 1.807) is 20.8 Å². The minimum Gasteiger partial charge on any atom is -0.425 e. The molecular formula is C14H26O4. The van der Waals surface area contributed by atoms with Crippen LogP contribution >= 0.6 is 0 Å². The molecule has 0 bridgehead atoms. The van der Waals surface area contributed by atoms with E-state index in [1.807, 2.05) is 0 Å². The van der Waals surface area contributed by atoms with Crippen LogP contribution in [-0.2, 0) is 19.1 Å². The molecule has 0 radical (unpaired) electrons. The van der Waals surface area contributed by atoms with E-state index >= 15 is 0 Å². The van der Waals surface area contributed by atoms with Crippen molar-refractivity contribution in [1.29, 1.82) is 0 Å². The number of carbonyl (C=O) groups is 2. The highest BCUT2D eigenvalue weighted by molar-refractivity contribution is 5.72. The molecule has 0 saturated heterocycles. The summed E-state index contributed by atoms with van der Waals surface area (Å²) < 4.78 is 9.94. The standard InChI is InChI=1S/C14H26O4/c1-5-6-7-8-9-10-13(15)17-12(4)18-14(16)11(2)3/h11-12H,5-10H2,1-4H3. The lowest BCUT2D eigenvalue weighted by Gasteiger charge is -2.15. The second kappa shape index (κ2) is 9.92. The summed E-state index contributed by atoms with van der Waals surface area (Å²) in [4.78, 5) is 22.7. The number of hydrogen-bond donors (Lipinski definition) is 0. The van der Waals surface area contributed by atoms with Crippen LogP contribution in [-0.4, -0.2) is 18.2 Å². The van der Waals surface area contributed by atoms with Gasteiger partial charge in [-0.1, -0.05) is 46.5 Å². The summed E-state index contributed by atoms with van der Waals surface area (Å²) in [6.45, 7) is 7.20. The van der Waals surface area contributed by atoms with Crippen LogP contribution in [0.2, 0.25) is 0 Å². The van der Waals surface area contributed by atoms with Crippen molar-refractivity contribution in [2.45, 2.75) is 72.5 Å². The van der Waals surface area contributed by atoms with E-state index in [9.17, 15) is 9.59 Å². The van der Waals surface area contributed by atoms with Gasteiger partial charge in [0.15, 0.2) is 0 Å². The molecule has 18 heavy (non-hydrogen) atoms. The second-order valence-corrected chi connectivity index (χ2v) is 4.81. The third-order valence-electron chi connectivity index (χ3n) is 2.54. The number of hydrogen-bond acceptors (Lipinski definition) is 4. The SMILES string of the molecule is CCCCCCCC(=O)OC(C)OC(=O)C(C)C. The van der Waals surface area contributed by atoms with Crippen LogP contribution in [0.25, 0.3) is 0 Å². The van der Waals surface area contributed by atoms with Crippen LogP contribution in [0.5, 0.6) is 0 Å². The maximum absolute atomic E-state index is 11.4. The van der Waals surface area contributed by atoms with E-state index < -0.39 is 6.29 Å². The quantitative estimate of drug-likeness (QED) is 0.361. The third kappa shape index (κ3) is 9.02. The van der Waals surface area contributed by atoms with Crippen molar-refractivity contribution < 1.29 is 19.1 Å². The molecule has 0 saturated carbocycles. The smallest absolute Gasteiger partial charge is 0.311 e. The number of ether oxygens (including phenoxy) is 2. The van der Waals surface area contributed by atoms with Crippen molar-refractivity contribution >= 4 is 11.9 Å². The van der Waals surface area contributed by atoms with Crippen LogP contribution in [0.15, 0.2) is 0 Å². The van der Waals surface area contributed by atoms with Gasteiger partial charge < -0.3 is 9.47 Å². The molecular weight excluding hydrogens is 232 g/mol. The third-order valence-corrected chi connectivity index (χ3v) is 2.54. The fraction of sp³-hybridized carbons (Fsp3) is 0.857. The summed E-state index contributed by atoms with van der Waals surface area (Å²) in [5, 5.41) is 0. The Balaban J connectivity index is 3.64. The van der Waals surface area contributed by atoms with E-state index in [4.69, 9.17) is 9.47 Å². The molecule has 4 nitrogen and oxygen atoms in total. The zero-order chi connectivity index (χ0) is 14.0. The summed E-state index contributed by atoms with van der Waals surface area (Å²) in [7, 11) is 0. The number of carbonyl (C=O) groups excluding carboxylic acids is 2. The fourth-order valence-corrected chi connectivity index (χ4v) is 1.44. The van der Waals surface area contributed by atoms with Gasteiger partial charge in [0.2, 0.25) is 6.29 Å². The van der Waals surface area contributed by atoms with Crippen LogP contribution in [0.1, 0.15) is 66.2 Å².